The molecule has 0 fully saturated rings. The quantitative estimate of drug-likeness (QED) is 0.493. The molecule has 0 heterocycles. The number of azo groups is 1. The van der Waals surface area contributed by atoms with Crippen molar-refractivity contribution in [1.82, 2.24) is 0 Å². The number of benzene rings is 2. The second-order valence-corrected chi connectivity index (χ2v) is 7.36. The summed E-state index contributed by atoms with van der Waals surface area (Å²) in [7, 11) is -1.18. The Hall–Kier alpha value is -3.31. The summed E-state index contributed by atoms with van der Waals surface area (Å²) in [5.41, 5.74) is 0.493. The Morgan fingerprint density at radius 2 is 1.72 bits per heavy atom. The number of sulfonamides is 1. The summed E-state index contributed by atoms with van der Waals surface area (Å²) in [5, 5.41) is 15.3. The number of ether oxygens (including phenoxy) is 2. The van der Waals surface area contributed by atoms with Gasteiger partial charge >= 0.3 is 0 Å². The van der Waals surface area contributed by atoms with Crippen LogP contribution < -0.4 is 19.9 Å². The fourth-order valence-corrected chi connectivity index (χ4v) is 2.83. The molecule has 0 aliphatic carbocycles. The number of ketones is 1. The Balaban J connectivity index is 2.29. The molecular weight excluding hydrogens is 400 g/mol. The van der Waals surface area contributed by atoms with E-state index < -0.39 is 27.8 Å². The van der Waals surface area contributed by atoms with Gasteiger partial charge in [-0.2, -0.15) is 10.2 Å². The molecule has 1 atom stereocenters. The normalized spacial score (nSPS) is 12.4. The van der Waals surface area contributed by atoms with E-state index in [-0.39, 0.29) is 16.3 Å². The number of nitrogens with two attached hydrogens (primary N) is 1. The van der Waals surface area contributed by atoms with E-state index in [2.05, 4.69) is 15.5 Å². The molecule has 2 rings (SSSR count). The number of nitrogens with zero attached hydrogens (tertiary/aromatic N) is 2. The van der Waals surface area contributed by atoms with Crippen molar-refractivity contribution in [3.63, 3.8) is 0 Å². The lowest BCUT2D eigenvalue weighted by Crippen LogP contribution is -2.31. The minimum absolute atomic E-state index is 0.0627. The van der Waals surface area contributed by atoms with Crippen LogP contribution in [0, 0.1) is 0 Å². The van der Waals surface area contributed by atoms with Gasteiger partial charge in [0.25, 0.3) is 5.91 Å². The maximum Gasteiger partial charge on any atom is 0.258 e. The predicted molar refractivity (Wildman–Crippen MR) is 105 cm³/mol. The van der Waals surface area contributed by atoms with Crippen LogP contribution in [0.2, 0.25) is 0 Å². The first-order valence-corrected chi connectivity index (χ1v) is 9.78. The van der Waals surface area contributed by atoms with Crippen LogP contribution in [0.25, 0.3) is 0 Å². The summed E-state index contributed by atoms with van der Waals surface area (Å²) in [5.74, 6) is -0.764. The molecule has 10 nitrogen and oxygen atoms in total. The number of para-hydroxylation sites is 2. The first-order valence-electron chi connectivity index (χ1n) is 8.23. The van der Waals surface area contributed by atoms with E-state index >= 15 is 0 Å². The number of anilines is 1. The highest BCUT2D eigenvalue weighted by atomic mass is 32.2. The summed E-state index contributed by atoms with van der Waals surface area (Å²) < 4.78 is 33.1. The molecule has 1 amide bonds. The molecule has 0 radical (unpaired) electrons. The lowest BCUT2D eigenvalue weighted by atomic mass is 10.2. The van der Waals surface area contributed by atoms with Crippen LogP contribution in [0.5, 0.6) is 11.5 Å². The summed E-state index contributed by atoms with van der Waals surface area (Å²) in [4.78, 5) is 24.3. The van der Waals surface area contributed by atoms with Gasteiger partial charge in [-0.15, -0.1) is 0 Å². The number of rotatable bonds is 8. The van der Waals surface area contributed by atoms with Gasteiger partial charge in [0.15, 0.2) is 5.78 Å². The lowest BCUT2D eigenvalue weighted by Gasteiger charge is -2.12. The second-order valence-electron chi connectivity index (χ2n) is 5.80. The second kappa shape index (κ2) is 9.26. The largest absolute Gasteiger partial charge is 0.495 e. The highest BCUT2D eigenvalue weighted by molar-refractivity contribution is 7.89. The fraction of sp³-hybridized carbons (Fsp3) is 0.222. The number of hydrogen-bond acceptors (Lipinski definition) is 8. The van der Waals surface area contributed by atoms with Crippen molar-refractivity contribution < 1.29 is 27.5 Å². The van der Waals surface area contributed by atoms with Crippen molar-refractivity contribution in [2.45, 2.75) is 17.9 Å². The molecule has 0 aliphatic heterocycles. The molecule has 3 N–H and O–H groups in total. The van der Waals surface area contributed by atoms with E-state index in [0.717, 1.165) is 0 Å². The Morgan fingerprint density at radius 3 is 2.31 bits per heavy atom. The zero-order valence-corrected chi connectivity index (χ0v) is 16.8. The number of hydrogen-bond donors (Lipinski definition) is 2. The van der Waals surface area contributed by atoms with Gasteiger partial charge < -0.3 is 14.8 Å². The van der Waals surface area contributed by atoms with Crippen molar-refractivity contribution in [3.05, 3.63) is 42.5 Å². The van der Waals surface area contributed by atoms with E-state index in [1.165, 1.54) is 39.3 Å². The summed E-state index contributed by atoms with van der Waals surface area (Å²) in [6.07, 6.45) is 0. The number of carbonyl (C=O) groups is 2. The number of carbonyl (C=O) groups excluding carboxylic acids is 2. The van der Waals surface area contributed by atoms with E-state index in [0.29, 0.717) is 11.4 Å². The van der Waals surface area contributed by atoms with Crippen molar-refractivity contribution in [2.75, 3.05) is 19.5 Å². The van der Waals surface area contributed by atoms with Gasteiger partial charge in [0.2, 0.25) is 16.1 Å². The van der Waals surface area contributed by atoms with Crippen molar-refractivity contribution in [2.24, 2.45) is 15.4 Å². The van der Waals surface area contributed by atoms with Gasteiger partial charge in [-0.05, 0) is 31.2 Å². The number of amides is 1. The van der Waals surface area contributed by atoms with Gasteiger partial charge in [0.05, 0.1) is 24.8 Å². The summed E-state index contributed by atoms with van der Waals surface area (Å²) in [6, 6.07) is 8.94. The number of Topliss-reactive ketones (excluding diaryl/α,β-unsaturated/α-hetero) is 1. The molecule has 11 heteroatoms. The third kappa shape index (κ3) is 5.59. The fourth-order valence-electron chi connectivity index (χ4n) is 2.30. The average molecular weight is 420 g/mol. The third-order valence-electron chi connectivity index (χ3n) is 3.76. The zero-order chi connectivity index (χ0) is 21.6. The summed E-state index contributed by atoms with van der Waals surface area (Å²) >= 11 is 0. The van der Waals surface area contributed by atoms with Crippen LogP contribution in [0.15, 0.2) is 57.6 Å². The monoisotopic (exact) mass is 420 g/mol. The molecule has 2 aromatic rings. The summed E-state index contributed by atoms with van der Waals surface area (Å²) in [6.45, 7) is 1.20. The Labute approximate surface area is 167 Å². The van der Waals surface area contributed by atoms with Gasteiger partial charge in [-0.1, -0.05) is 12.1 Å². The Bertz CT molecular complexity index is 1050. The first-order chi connectivity index (χ1) is 13.7. The van der Waals surface area contributed by atoms with E-state index in [1.807, 2.05) is 0 Å². The maximum absolute atomic E-state index is 12.5. The first kappa shape index (κ1) is 22.0. The molecule has 0 aromatic heterocycles. The standard InChI is InChI=1S/C18H20N4O6S/c1-11(23)17(18(24)20-13-6-4-5-7-15(13)27-2)22-21-14-9-8-12(29(19,25)26)10-16(14)28-3/h4-10,17H,1-3H3,(H,20,24)(H2,19,25,26). The van der Waals surface area contributed by atoms with Gasteiger partial charge in [-0.25, -0.2) is 13.6 Å². The Kier molecular flexibility index (Phi) is 7.02. The molecule has 0 spiro atoms. The molecule has 2 aromatic carbocycles. The van der Waals surface area contributed by atoms with Crippen molar-refractivity contribution >= 4 is 33.1 Å². The SMILES string of the molecule is COc1cc(S(N)(=O)=O)ccc1N=NC(C(C)=O)C(=O)Nc1ccccc1OC. The minimum Gasteiger partial charge on any atom is -0.495 e. The topological polar surface area (TPSA) is 150 Å². The highest BCUT2D eigenvalue weighted by Gasteiger charge is 2.24. The minimum atomic E-state index is -3.93. The predicted octanol–water partition coefficient (Wildman–Crippen LogP) is 2.03. The molecule has 1 unspecified atom stereocenters. The zero-order valence-electron chi connectivity index (χ0n) is 15.9. The van der Waals surface area contributed by atoms with E-state index in [9.17, 15) is 18.0 Å². The molecule has 154 valence electrons. The van der Waals surface area contributed by atoms with E-state index in [1.54, 1.807) is 24.3 Å². The number of nitrogens with one attached hydrogen (secondary N) is 1. The molecule has 0 bridgehead atoms. The third-order valence-corrected chi connectivity index (χ3v) is 4.67. The average Bonchev–Trinajstić information content (AvgIpc) is 2.67. The van der Waals surface area contributed by atoms with Crippen LogP contribution in [0.3, 0.4) is 0 Å². The number of primary sulfonamides is 1. The van der Waals surface area contributed by atoms with Crippen LogP contribution in [-0.2, 0) is 19.6 Å². The van der Waals surface area contributed by atoms with Crippen LogP contribution in [-0.4, -0.2) is 40.4 Å². The molecular formula is C18H20N4O6S. The van der Waals surface area contributed by atoms with Gasteiger partial charge in [-0.3, -0.25) is 9.59 Å². The number of methoxy groups -OCH3 is 2. The molecule has 0 saturated carbocycles. The van der Waals surface area contributed by atoms with Crippen LogP contribution in [0.4, 0.5) is 11.4 Å². The van der Waals surface area contributed by atoms with Crippen molar-refractivity contribution in [1.29, 1.82) is 0 Å². The molecule has 29 heavy (non-hydrogen) atoms. The maximum atomic E-state index is 12.5. The van der Waals surface area contributed by atoms with Crippen LogP contribution in [0.1, 0.15) is 6.92 Å². The molecule has 0 aliphatic rings. The van der Waals surface area contributed by atoms with Gasteiger partial charge in [0, 0.05) is 6.07 Å². The molecule has 0 saturated heterocycles. The van der Waals surface area contributed by atoms with Crippen molar-refractivity contribution in [3.8, 4) is 11.5 Å². The van der Waals surface area contributed by atoms with Crippen LogP contribution >= 0.6 is 0 Å². The smallest absolute Gasteiger partial charge is 0.258 e. The van der Waals surface area contributed by atoms with E-state index in [4.69, 9.17) is 14.6 Å². The Morgan fingerprint density at radius 1 is 1.07 bits per heavy atom. The highest BCUT2D eigenvalue weighted by Crippen LogP contribution is 2.30. The lowest BCUT2D eigenvalue weighted by molar-refractivity contribution is -0.126. The van der Waals surface area contributed by atoms with Gasteiger partial charge in [0.1, 0.15) is 17.2 Å².